The lowest BCUT2D eigenvalue weighted by Gasteiger charge is -2.26. The highest BCUT2D eigenvalue weighted by atomic mass is 19.1. The van der Waals surface area contributed by atoms with E-state index in [1.165, 1.54) is 12.1 Å². The van der Waals surface area contributed by atoms with Gasteiger partial charge in [-0.05, 0) is 43.5 Å². The van der Waals surface area contributed by atoms with Crippen LogP contribution < -0.4 is 0 Å². The van der Waals surface area contributed by atoms with Gasteiger partial charge in [0, 0.05) is 13.1 Å². The van der Waals surface area contributed by atoms with Crippen LogP contribution in [-0.2, 0) is 4.79 Å². The fourth-order valence-electron chi connectivity index (χ4n) is 3.31. The molecule has 3 rings (SSSR count). The van der Waals surface area contributed by atoms with Crippen LogP contribution in [0.15, 0.2) is 18.2 Å². The monoisotopic (exact) mass is 287 g/mol. The van der Waals surface area contributed by atoms with E-state index in [9.17, 15) is 9.18 Å². The summed E-state index contributed by atoms with van der Waals surface area (Å²) in [6, 6.07) is 6.16. The van der Waals surface area contributed by atoms with Crippen molar-refractivity contribution in [2.45, 2.75) is 32.7 Å². The summed E-state index contributed by atoms with van der Waals surface area (Å²) in [5, 5.41) is 12.8. The molecule has 1 aromatic rings. The van der Waals surface area contributed by atoms with Gasteiger partial charge in [-0.1, -0.05) is 6.92 Å². The van der Waals surface area contributed by atoms with Gasteiger partial charge < -0.3 is 0 Å². The minimum Gasteiger partial charge on any atom is -0.273 e. The fraction of sp³-hybridized carbons (Fsp3) is 0.500. The number of rotatable bonds is 2. The van der Waals surface area contributed by atoms with Crippen LogP contribution in [0, 0.1) is 22.6 Å². The SMILES string of the molecule is CCC1(C)CN2CCC(c3cc(F)cc(C#N)c3)N2C1=O. The van der Waals surface area contributed by atoms with Crippen LogP contribution in [0.2, 0.25) is 0 Å². The summed E-state index contributed by atoms with van der Waals surface area (Å²) in [7, 11) is 0. The van der Waals surface area contributed by atoms with E-state index in [1.807, 2.05) is 19.9 Å². The van der Waals surface area contributed by atoms with Gasteiger partial charge in [0.25, 0.3) is 0 Å². The Balaban J connectivity index is 1.97. The average molecular weight is 287 g/mol. The lowest BCUT2D eigenvalue weighted by Crippen LogP contribution is -2.36. The van der Waals surface area contributed by atoms with Gasteiger partial charge in [-0.25, -0.2) is 9.40 Å². The Morgan fingerprint density at radius 1 is 1.48 bits per heavy atom. The first kappa shape index (κ1) is 14.0. The molecule has 0 aromatic heterocycles. The smallest absolute Gasteiger partial charge is 0.244 e. The van der Waals surface area contributed by atoms with Crippen LogP contribution in [0.5, 0.6) is 0 Å². The van der Waals surface area contributed by atoms with E-state index in [2.05, 4.69) is 5.01 Å². The molecular weight excluding hydrogens is 269 g/mol. The minimum absolute atomic E-state index is 0.107. The molecule has 0 N–H and O–H groups in total. The van der Waals surface area contributed by atoms with Crippen molar-refractivity contribution in [3.8, 4) is 6.07 Å². The molecule has 4 nitrogen and oxygen atoms in total. The highest BCUT2D eigenvalue weighted by molar-refractivity contribution is 5.84. The van der Waals surface area contributed by atoms with Crippen molar-refractivity contribution in [2.75, 3.05) is 13.1 Å². The molecule has 21 heavy (non-hydrogen) atoms. The predicted octanol–water partition coefficient (Wildman–Crippen LogP) is 2.62. The Morgan fingerprint density at radius 2 is 2.24 bits per heavy atom. The van der Waals surface area contributed by atoms with Crippen LogP contribution in [0.1, 0.15) is 43.9 Å². The van der Waals surface area contributed by atoms with Crippen LogP contribution in [-0.4, -0.2) is 29.0 Å². The van der Waals surface area contributed by atoms with Crippen molar-refractivity contribution < 1.29 is 9.18 Å². The van der Waals surface area contributed by atoms with E-state index < -0.39 is 5.82 Å². The third-order valence-electron chi connectivity index (χ3n) is 4.73. The number of hydrogen-bond donors (Lipinski definition) is 0. The van der Waals surface area contributed by atoms with Crippen LogP contribution in [0.3, 0.4) is 0 Å². The molecule has 0 bridgehead atoms. The van der Waals surface area contributed by atoms with E-state index >= 15 is 0 Å². The third kappa shape index (κ3) is 2.11. The number of carbonyl (C=O) groups excluding carboxylic acids is 1. The zero-order valence-electron chi connectivity index (χ0n) is 12.3. The Labute approximate surface area is 123 Å². The molecule has 0 aliphatic carbocycles. The largest absolute Gasteiger partial charge is 0.273 e. The second kappa shape index (κ2) is 4.81. The van der Waals surface area contributed by atoms with Crippen molar-refractivity contribution in [1.29, 1.82) is 5.26 Å². The molecule has 2 aliphatic rings. The molecule has 110 valence electrons. The van der Waals surface area contributed by atoms with Crippen molar-refractivity contribution in [3.63, 3.8) is 0 Å². The standard InChI is InChI=1S/C16H18FN3O/c1-3-16(2)10-19-5-4-14(20(19)15(16)21)12-6-11(9-18)7-13(17)8-12/h6-8,14H,3-5,10H2,1-2H3. The van der Waals surface area contributed by atoms with Crippen LogP contribution >= 0.6 is 0 Å². The molecule has 0 spiro atoms. The summed E-state index contributed by atoms with van der Waals surface area (Å²) in [5.41, 5.74) is 0.653. The first-order chi connectivity index (χ1) is 9.98. The number of fused-ring (bicyclic) bond motifs is 1. The molecule has 2 unspecified atom stereocenters. The van der Waals surface area contributed by atoms with Crippen molar-refractivity contribution in [3.05, 3.63) is 35.1 Å². The van der Waals surface area contributed by atoms with E-state index in [1.54, 1.807) is 11.1 Å². The molecule has 2 aliphatic heterocycles. The van der Waals surface area contributed by atoms with Gasteiger partial charge in [-0.3, -0.25) is 9.80 Å². The van der Waals surface area contributed by atoms with Crippen LogP contribution in [0.25, 0.3) is 0 Å². The molecule has 2 saturated heterocycles. The topological polar surface area (TPSA) is 47.3 Å². The van der Waals surface area contributed by atoms with E-state index in [0.717, 1.165) is 25.9 Å². The van der Waals surface area contributed by atoms with Gasteiger partial charge in [0.15, 0.2) is 0 Å². The number of nitriles is 1. The first-order valence-electron chi connectivity index (χ1n) is 7.27. The van der Waals surface area contributed by atoms with Crippen molar-refractivity contribution in [1.82, 2.24) is 10.0 Å². The number of carbonyl (C=O) groups is 1. The number of benzene rings is 1. The summed E-state index contributed by atoms with van der Waals surface area (Å²) < 4.78 is 13.7. The van der Waals surface area contributed by atoms with Crippen LogP contribution in [0.4, 0.5) is 4.39 Å². The summed E-state index contributed by atoms with van der Waals surface area (Å²) >= 11 is 0. The number of hydrazine groups is 1. The minimum atomic E-state index is -0.424. The average Bonchev–Trinajstić information content (AvgIpc) is 2.98. The normalized spacial score (nSPS) is 28.8. The van der Waals surface area contributed by atoms with Gasteiger partial charge in [-0.15, -0.1) is 0 Å². The third-order valence-corrected chi connectivity index (χ3v) is 4.73. The Bertz CT molecular complexity index is 639. The Hall–Kier alpha value is -1.93. The molecule has 2 fully saturated rings. The maximum Gasteiger partial charge on any atom is 0.244 e. The highest BCUT2D eigenvalue weighted by Gasteiger charge is 2.51. The molecule has 2 atom stereocenters. The number of nitrogens with zero attached hydrogens (tertiary/aromatic N) is 3. The van der Waals surface area contributed by atoms with Gasteiger partial charge >= 0.3 is 0 Å². The summed E-state index contributed by atoms with van der Waals surface area (Å²) in [5.74, 6) is -0.317. The molecule has 1 aromatic carbocycles. The number of amides is 1. The zero-order chi connectivity index (χ0) is 15.2. The molecule has 2 heterocycles. The van der Waals surface area contributed by atoms with Gasteiger partial charge in [0.05, 0.1) is 23.1 Å². The zero-order valence-corrected chi connectivity index (χ0v) is 12.3. The molecular formula is C16H18FN3O. The number of halogens is 1. The fourth-order valence-corrected chi connectivity index (χ4v) is 3.31. The summed E-state index contributed by atoms with van der Waals surface area (Å²) in [6.07, 6.45) is 1.57. The van der Waals surface area contributed by atoms with E-state index in [4.69, 9.17) is 5.26 Å². The van der Waals surface area contributed by atoms with Crippen molar-refractivity contribution in [2.24, 2.45) is 5.41 Å². The second-order valence-electron chi connectivity index (χ2n) is 6.14. The van der Waals surface area contributed by atoms with Gasteiger partial charge in [-0.2, -0.15) is 5.26 Å². The van der Waals surface area contributed by atoms with Gasteiger partial charge in [0.2, 0.25) is 5.91 Å². The van der Waals surface area contributed by atoms with Crippen molar-refractivity contribution >= 4 is 5.91 Å². The van der Waals surface area contributed by atoms with E-state index in [0.29, 0.717) is 11.1 Å². The molecule has 1 amide bonds. The Kier molecular flexibility index (Phi) is 3.22. The molecule has 0 radical (unpaired) electrons. The van der Waals surface area contributed by atoms with Gasteiger partial charge in [0.1, 0.15) is 5.82 Å². The quantitative estimate of drug-likeness (QED) is 0.840. The lowest BCUT2D eigenvalue weighted by atomic mass is 9.86. The maximum atomic E-state index is 13.7. The second-order valence-corrected chi connectivity index (χ2v) is 6.14. The molecule has 0 saturated carbocycles. The first-order valence-corrected chi connectivity index (χ1v) is 7.27. The number of hydrogen-bond acceptors (Lipinski definition) is 3. The summed E-state index contributed by atoms with van der Waals surface area (Å²) in [6.45, 7) is 5.52. The molecule has 5 heteroatoms. The highest BCUT2D eigenvalue weighted by Crippen LogP contribution is 2.43. The maximum absolute atomic E-state index is 13.7. The summed E-state index contributed by atoms with van der Waals surface area (Å²) in [4.78, 5) is 12.7. The predicted molar refractivity (Wildman–Crippen MR) is 75.3 cm³/mol. The Morgan fingerprint density at radius 3 is 2.90 bits per heavy atom. The lowest BCUT2D eigenvalue weighted by molar-refractivity contribution is -0.142. The van der Waals surface area contributed by atoms with E-state index in [-0.39, 0.29) is 17.4 Å².